The van der Waals surface area contributed by atoms with Gasteiger partial charge in [-0.3, -0.25) is 14.6 Å². The number of pyridine rings is 1. The molecule has 0 atom stereocenters. The lowest BCUT2D eigenvalue weighted by Crippen LogP contribution is -2.26. The van der Waals surface area contributed by atoms with Gasteiger partial charge in [-0.2, -0.15) is 0 Å². The Balaban J connectivity index is 2.00. The molecule has 0 saturated carbocycles. The molecule has 0 aliphatic heterocycles. The first-order chi connectivity index (χ1) is 10.7. The maximum absolute atomic E-state index is 12.1. The second-order valence-electron chi connectivity index (χ2n) is 4.63. The number of carbonyl (C=O) groups excluding carboxylic acids is 2. The van der Waals surface area contributed by atoms with Crippen LogP contribution in [0.5, 0.6) is 0 Å². The molecule has 0 spiro atoms. The second kappa shape index (κ2) is 7.73. The minimum absolute atomic E-state index is 0.269. The van der Waals surface area contributed by atoms with Crippen molar-refractivity contribution in [2.75, 3.05) is 6.54 Å². The molecule has 0 radical (unpaired) electrons. The Morgan fingerprint density at radius 3 is 2.32 bits per heavy atom. The number of benzene rings is 1. The van der Waals surface area contributed by atoms with E-state index in [1.54, 1.807) is 6.08 Å². The monoisotopic (exact) mass is 295 g/mol. The number of carbonyl (C=O) groups is 2. The summed E-state index contributed by atoms with van der Waals surface area (Å²) >= 11 is 0. The summed E-state index contributed by atoms with van der Waals surface area (Å²) in [4.78, 5) is 27.9. The van der Waals surface area contributed by atoms with Crippen molar-refractivity contribution in [2.24, 2.45) is 0 Å². The molecule has 0 saturated heterocycles. The van der Waals surface area contributed by atoms with Crippen LogP contribution in [-0.2, 0) is 6.54 Å². The van der Waals surface area contributed by atoms with Crippen LogP contribution in [0.2, 0.25) is 0 Å². The Bertz CT molecular complexity index is 669. The van der Waals surface area contributed by atoms with E-state index in [4.69, 9.17) is 0 Å². The molecular weight excluding hydrogens is 278 g/mol. The number of hydrogen-bond acceptors (Lipinski definition) is 3. The normalized spacial score (nSPS) is 9.82. The summed E-state index contributed by atoms with van der Waals surface area (Å²) in [5.74, 6) is -0.556. The quantitative estimate of drug-likeness (QED) is 0.800. The van der Waals surface area contributed by atoms with Gasteiger partial charge in [-0.05, 0) is 11.6 Å². The summed E-state index contributed by atoms with van der Waals surface area (Å²) in [5.41, 5.74) is 1.69. The van der Waals surface area contributed by atoms with Gasteiger partial charge in [0.1, 0.15) is 0 Å². The third-order valence-corrected chi connectivity index (χ3v) is 2.97. The summed E-state index contributed by atoms with van der Waals surface area (Å²) in [6.07, 6.45) is 4.44. The van der Waals surface area contributed by atoms with Crippen molar-refractivity contribution in [3.8, 4) is 0 Å². The zero-order valence-corrected chi connectivity index (χ0v) is 12.1. The first kappa shape index (κ1) is 15.4. The van der Waals surface area contributed by atoms with Crippen molar-refractivity contribution in [3.05, 3.63) is 78.1 Å². The molecule has 5 heteroatoms. The summed E-state index contributed by atoms with van der Waals surface area (Å²) in [6, 6.07) is 11.1. The molecule has 112 valence electrons. The van der Waals surface area contributed by atoms with Crippen LogP contribution in [0.15, 0.2) is 61.4 Å². The standard InChI is InChI=1S/C17H17N3O2/c1-2-8-19-16(21)14-9-15(12-18-11-14)17(22)20-10-13-6-4-3-5-7-13/h2-7,9,11-12H,1,8,10H2,(H,19,21)(H,20,22). The maximum Gasteiger partial charge on any atom is 0.253 e. The van der Waals surface area contributed by atoms with Crippen molar-refractivity contribution >= 4 is 11.8 Å². The predicted molar refractivity (Wildman–Crippen MR) is 84.4 cm³/mol. The highest BCUT2D eigenvalue weighted by Crippen LogP contribution is 2.04. The van der Waals surface area contributed by atoms with E-state index in [0.29, 0.717) is 24.2 Å². The van der Waals surface area contributed by atoms with Gasteiger partial charge in [-0.15, -0.1) is 6.58 Å². The first-order valence-corrected chi connectivity index (χ1v) is 6.87. The first-order valence-electron chi connectivity index (χ1n) is 6.87. The molecule has 1 heterocycles. The molecule has 1 aromatic carbocycles. The third-order valence-electron chi connectivity index (χ3n) is 2.97. The van der Waals surface area contributed by atoms with Gasteiger partial charge in [0.2, 0.25) is 0 Å². The Morgan fingerprint density at radius 1 is 1.05 bits per heavy atom. The van der Waals surface area contributed by atoms with Crippen molar-refractivity contribution in [2.45, 2.75) is 6.54 Å². The van der Waals surface area contributed by atoms with E-state index in [1.165, 1.54) is 18.5 Å². The highest BCUT2D eigenvalue weighted by Gasteiger charge is 2.10. The molecule has 2 amide bonds. The van der Waals surface area contributed by atoms with Crippen molar-refractivity contribution in [1.29, 1.82) is 0 Å². The lowest BCUT2D eigenvalue weighted by molar-refractivity contribution is 0.0950. The summed E-state index contributed by atoms with van der Waals surface area (Å²) in [5, 5.41) is 5.44. The van der Waals surface area contributed by atoms with Crippen LogP contribution in [-0.4, -0.2) is 23.3 Å². The largest absolute Gasteiger partial charge is 0.349 e. The lowest BCUT2D eigenvalue weighted by atomic mass is 10.1. The minimum Gasteiger partial charge on any atom is -0.349 e. The molecule has 0 aliphatic carbocycles. The van der Waals surface area contributed by atoms with Gasteiger partial charge < -0.3 is 10.6 Å². The number of nitrogens with one attached hydrogen (secondary N) is 2. The maximum atomic E-state index is 12.1. The Hall–Kier alpha value is -2.95. The number of aromatic nitrogens is 1. The van der Waals surface area contributed by atoms with E-state index >= 15 is 0 Å². The minimum atomic E-state index is -0.287. The molecule has 22 heavy (non-hydrogen) atoms. The lowest BCUT2D eigenvalue weighted by Gasteiger charge is -2.07. The van der Waals surface area contributed by atoms with Crippen molar-refractivity contribution in [3.63, 3.8) is 0 Å². The third kappa shape index (κ3) is 4.28. The number of nitrogens with zero attached hydrogens (tertiary/aromatic N) is 1. The fraction of sp³-hybridized carbons (Fsp3) is 0.118. The van der Waals surface area contributed by atoms with E-state index in [-0.39, 0.29) is 11.8 Å². The topological polar surface area (TPSA) is 71.1 Å². The molecule has 0 unspecified atom stereocenters. The molecule has 0 aliphatic rings. The zero-order chi connectivity index (χ0) is 15.8. The van der Waals surface area contributed by atoms with Crippen molar-refractivity contribution < 1.29 is 9.59 Å². The van der Waals surface area contributed by atoms with Crippen molar-refractivity contribution in [1.82, 2.24) is 15.6 Å². The molecule has 2 aromatic rings. The molecule has 0 fully saturated rings. The molecule has 1 aromatic heterocycles. The van der Waals surface area contributed by atoms with E-state index in [1.807, 2.05) is 30.3 Å². The van der Waals surface area contributed by atoms with Gasteiger partial charge in [-0.25, -0.2) is 0 Å². The SMILES string of the molecule is C=CCNC(=O)c1cncc(C(=O)NCc2ccccc2)c1. The summed E-state index contributed by atoms with van der Waals surface area (Å²) < 4.78 is 0. The van der Waals surface area contributed by atoms with E-state index in [2.05, 4.69) is 22.2 Å². The molecular formula is C17H17N3O2. The smallest absolute Gasteiger partial charge is 0.253 e. The Labute approximate surface area is 129 Å². The van der Waals surface area contributed by atoms with Crippen LogP contribution in [0.25, 0.3) is 0 Å². The molecule has 2 N–H and O–H groups in total. The summed E-state index contributed by atoms with van der Waals surface area (Å²) in [6.45, 7) is 4.32. The summed E-state index contributed by atoms with van der Waals surface area (Å²) in [7, 11) is 0. The number of rotatable bonds is 6. The average molecular weight is 295 g/mol. The zero-order valence-electron chi connectivity index (χ0n) is 12.1. The Kier molecular flexibility index (Phi) is 5.43. The average Bonchev–Trinajstić information content (AvgIpc) is 2.58. The van der Waals surface area contributed by atoms with Crippen LogP contribution >= 0.6 is 0 Å². The molecule has 2 rings (SSSR count). The highest BCUT2D eigenvalue weighted by molar-refractivity contribution is 5.99. The van der Waals surface area contributed by atoms with E-state index in [9.17, 15) is 9.59 Å². The number of amides is 2. The van der Waals surface area contributed by atoms with Crippen LogP contribution in [0.3, 0.4) is 0 Å². The van der Waals surface area contributed by atoms with Crippen LogP contribution in [0.4, 0.5) is 0 Å². The van der Waals surface area contributed by atoms with Crippen LogP contribution in [0.1, 0.15) is 26.3 Å². The highest BCUT2D eigenvalue weighted by atomic mass is 16.2. The molecule has 0 bridgehead atoms. The van der Waals surface area contributed by atoms with Gasteiger partial charge >= 0.3 is 0 Å². The van der Waals surface area contributed by atoms with Gasteiger partial charge in [0, 0.05) is 25.5 Å². The van der Waals surface area contributed by atoms with Crippen LogP contribution < -0.4 is 10.6 Å². The van der Waals surface area contributed by atoms with Crippen LogP contribution in [0, 0.1) is 0 Å². The second-order valence-corrected chi connectivity index (χ2v) is 4.63. The van der Waals surface area contributed by atoms with Gasteiger partial charge in [0.15, 0.2) is 0 Å². The van der Waals surface area contributed by atoms with Gasteiger partial charge in [-0.1, -0.05) is 36.4 Å². The number of hydrogen-bond donors (Lipinski definition) is 2. The molecule has 5 nitrogen and oxygen atoms in total. The fourth-order valence-corrected chi connectivity index (χ4v) is 1.84. The van der Waals surface area contributed by atoms with E-state index < -0.39 is 0 Å². The van der Waals surface area contributed by atoms with Gasteiger partial charge in [0.05, 0.1) is 11.1 Å². The Morgan fingerprint density at radius 2 is 1.68 bits per heavy atom. The van der Waals surface area contributed by atoms with Gasteiger partial charge in [0.25, 0.3) is 11.8 Å². The predicted octanol–water partition coefficient (Wildman–Crippen LogP) is 1.93. The fourth-order valence-electron chi connectivity index (χ4n) is 1.84. The van der Waals surface area contributed by atoms with E-state index in [0.717, 1.165) is 5.56 Å².